The van der Waals surface area contributed by atoms with Gasteiger partial charge in [-0.05, 0) is 0 Å². The lowest BCUT2D eigenvalue weighted by atomic mass is 9.83. The summed E-state index contributed by atoms with van der Waals surface area (Å²) in [5, 5.41) is -4.10. The summed E-state index contributed by atoms with van der Waals surface area (Å²) < 4.78 is -6.59. The molecule has 0 aliphatic heterocycles. The van der Waals surface area contributed by atoms with Gasteiger partial charge in [0, 0.05) is 39.3 Å². The molecule has 0 amide bonds. The van der Waals surface area contributed by atoms with Gasteiger partial charge in [0.05, 0.1) is 60.3 Å². The lowest BCUT2D eigenvalue weighted by Crippen LogP contribution is -2.15. The third kappa shape index (κ3) is 7.83. The van der Waals surface area contributed by atoms with Crippen molar-refractivity contribution in [2.45, 2.75) is 17.3 Å². The molecule has 0 unspecified atom stereocenters. The van der Waals surface area contributed by atoms with Gasteiger partial charge in [0.1, 0.15) is 0 Å². The highest BCUT2D eigenvalue weighted by Crippen LogP contribution is 2.61. The Morgan fingerprint density at radius 2 is 0.395 bits per heavy atom. The average Bonchev–Trinajstić information content (AvgIpc) is 2.83. The molecule has 0 heterocycles. The molecule has 3 aromatic carbocycles. The van der Waals surface area contributed by atoms with E-state index in [0.29, 0.717) is 0 Å². The third-order valence-electron chi connectivity index (χ3n) is 5.61. The highest BCUT2D eigenvalue weighted by Gasteiger charge is 2.43. The van der Waals surface area contributed by atoms with Crippen molar-refractivity contribution in [3.05, 3.63) is 93.7 Å². The van der Waals surface area contributed by atoms with Crippen molar-refractivity contribution in [2.24, 2.45) is 0 Å². The smallest absolute Gasteiger partial charge is 0.0823 e. The van der Waals surface area contributed by atoms with Crippen LogP contribution in [-0.2, 0) is 11.4 Å². The van der Waals surface area contributed by atoms with Crippen LogP contribution in [0.3, 0.4) is 0 Å². The van der Waals surface area contributed by atoms with Gasteiger partial charge in [-0.2, -0.15) is 0 Å². The zero-order valence-electron chi connectivity index (χ0n) is 19.0. The number of alkyl halides is 9. The second kappa shape index (κ2) is 14.8. The average molecular weight is 1010 g/mol. The fourth-order valence-corrected chi connectivity index (χ4v) is 10.6. The second-order valence-corrected chi connectivity index (χ2v) is 19.4. The fourth-order valence-electron chi connectivity index (χ4n) is 3.89. The SMILES string of the molecule is Clc1c(Cl)c(C(Cl)(Cl)Cl)c(Cl)c(Cl)c1C(c1c(Cl)c(Cl)c(C(Cl)(Cl)Cl)c(Cl)c1Cl)c1c(Cl)c(Cl)c(C(Cl)(Cl)Cl)c(Cl)c1Cl. The molecule has 0 bridgehead atoms. The Balaban J connectivity index is 2.74. The molecule has 0 atom stereocenters. The van der Waals surface area contributed by atoms with E-state index in [9.17, 15) is 0 Å². The highest BCUT2D eigenvalue weighted by molar-refractivity contribution is 6.70. The first-order valence-electron chi connectivity index (χ1n) is 10.1. The summed E-state index contributed by atoms with van der Waals surface area (Å²) >= 11 is 135. The van der Waals surface area contributed by atoms with Crippen molar-refractivity contribution < 1.29 is 0 Å². The second-order valence-electron chi connectivity index (χ2n) is 8.06. The Morgan fingerprint density at radius 1 is 0.256 bits per heavy atom. The Hall–Kier alpha value is 3.75. The monoisotopic (exact) mass is 999 g/mol. The van der Waals surface area contributed by atoms with Crippen molar-refractivity contribution in [2.75, 3.05) is 0 Å². The maximum Gasteiger partial charge on any atom is 0.219 e. The Kier molecular flexibility index (Phi) is 14.1. The van der Waals surface area contributed by atoms with Crippen LogP contribution in [0.15, 0.2) is 0 Å². The van der Waals surface area contributed by atoms with Crippen LogP contribution >= 0.6 is 244 Å². The number of hydrogen-bond donors (Lipinski definition) is 0. The van der Waals surface area contributed by atoms with Crippen molar-refractivity contribution in [3.8, 4) is 0 Å². The van der Waals surface area contributed by atoms with Crippen molar-refractivity contribution >= 4 is 244 Å². The molecule has 0 saturated carbocycles. The van der Waals surface area contributed by atoms with Gasteiger partial charge in [0.15, 0.2) is 0 Å². The molecular formula is C22HCl21. The first-order chi connectivity index (χ1) is 19.3. The minimum Gasteiger partial charge on any atom is -0.0823 e. The van der Waals surface area contributed by atoms with Gasteiger partial charge in [-0.3, -0.25) is 0 Å². The summed E-state index contributed by atoms with van der Waals surface area (Å²) in [5.74, 6) is -1.52. The lowest BCUT2D eigenvalue weighted by molar-refractivity contribution is 0.969. The first kappa shape index (κ1) is 41.2. The Morgan fingerprint density at radius 3 is 0.512 bits per heavy atom. The first-order valence-corrected chi connectivity index (χ1v) is 18.0. The van der Waals surface area contributed by atoms with E-state index in [-0.39, 0.29) is 93.7 Å². The van der Waals surface area contributed by atoms with E-state index in [0.717, 1.165) is 0 Å². The van der Waals surface area contributed by atoms with Crippen LogP contribution in [0.4, 0.5) is 0 Å². The van der Waals surface area contributed by atoms with Gasteiger partial charge in [0.25, 0.3) is 0 Å². The molecule has 0 nitrogen and oxygen atoms in total. The Labute approximate surface area is 349 Å². The van der Waals surface area contributed by atoms with Crippen molar-refractivity contribution in [1.29, 1.82) is 0 Å². The molecule has 3 aromatic rings. The maximum atomic E-state index is 6.77. The van der Waals surface area contributed by atoms with Gasteiger partial charge in [0.2, 0.25) is 11.4 Å². The molecular weight excluding hydrogens is 1010 g/mol. The van der Waals surface area contributed by atoms with Gasteiger partial charge in [-0.25, -0.2) is 0 Å². The summed E-state index contributed by atoms with van der Waals surface area (Å²) in [7, 11) is 0. The van der Waals surface area contributed by atoms with E-state index >= 15 is 0 Å². The van der Waals surface area contributed by atoms with E-state index < -0.39 is 17.3 Å². The van der Waals surface area contributed by atoms with E-state index in [1.165, 1.54) is 0 Å². The number of rotatable bonds is 3. The standard InChI is InChI=1S/C22HCl21/c23-8-2(9(24)15(30)5(14(8)29)20(35,36)37)1(3-10(25)16(31)6(21(38,39)40)17(32)11(3)26)4-12(27)18(33)7(22(41,42)43)19(34)13(4)28/h1H. The summed E-state index contributed by atoms with van der Waals surface area (Å²) in [6.07, 6.45) is 0. The summed E-state index contributed by atoms with van der Waals surface area (Å²) in [6, 6.07) is 0. The van der Waals surface area contributed by atoms with Gasteiger partial charge in [-0.1, -0.05) is 244 Å². The zero-order valence-corrected chi connectivity index (χ0v) is 34.9. The van der Waals surface area contributed by atoms with Gasteiger partial charge in [-0.15, -0.1) is 0 Å². The molecule has 0 aromatic heterocycles. The number of halogens is 21. The van der Waals surface area contributed by atoms with Crippen molar-refractivity contribution in [3.63, 3.8) is 0 Å². The van der Waals surface area contributed by atoms with Crippen LogP contribution in [0.2, 0.25) is 60.3 Å². The predicted octanol–water partition coefficient (Wildman–Crippen LogP) is 18.2. The van der Waals surface area contributed by atoms with Gasteiger partial charge < -0.3 is 0 Å². The van der Waals surface area contributed by atoms with Crippen LogP contribution < -0.4 is 0 Å². The minimum absolute atomic E-state index is 0.161. The minimum atomic E-state index is -2.20. The van der Waals surface area contributed by atoms with E-state index in [1.807, 2.05) is 0 Å². The number of benzene rings is 3. The van der Waals surface area contributed by atoms with Crippen molar-refractivity contribution in [1.82, 2.24) is 0 Å². The lowest BCUT2D eigenvalue weighted by Gasteiger charge is -2.31. The van der Waals surface area contributed by atoms with Crippen LogP contribution in [0, 0.1) is 0 Å². The van der Waals surface area contributed by atoms with E-state index in [2.05, 4.69) is 0 Å². The Bertz CT molecular complexity index is 1360. The molecule has 236 valence electrons. The molecule has 0 fully saturated rings. The topological polar surface area (TPSA) is 0 Å². The maximum absolute atomic E-state index is 6.77. The van der Waals surface area contributed by atoms with Crippen LogP contribution in [-0.4, -0.2) is 0 Å². The van der Waals surface area contributed by atoms with Gasteiger partial charge >= 0.3 is 0 Å². The molecule has 21 heteroatoms. The van der Waals surface area contributed by atoms with Crippen LogP contribution in [0.25, 0.3) is 0 Å². The highest BCUT2D eigenvalue weighted by atomic mass is 35.6. The normalized spacial score (nSPS) is 13.0. The molecule has 0 aliphatic carbocycles. The molecule has 3 rings (SSSR count). The fraction of sp³-hybridized carbons (Fsp3) is 0.182. The van der Waals surface area contributed by atoms with E-state index in [4.69, 9.17) is 244 Å². The molecule has 43 heavy (non-hydrogen) atoms. The predicted molar refractivity (Wildman–Crippen MR) is 198 cm³/mol. The van der Waals surface area contributed by atoms with Crippen LogP contribution in [0.1, 0.15) is 39.3 Å². The summed E-state index contributed by atoms with van der Waals surface area (Å²) in [4.78, 5) is 0. The molecule has 0 radical (unpaired) electrons. The largest absolute Gasteiger partial charge is 0.219 e. The molecule has 0 N–H and O–H groups in total. The molecule has 0 aliphatic rings. The number of hydrogen-bond acceptors (Lipinski definition) is 0. The zero-order chi connectivity index (χ0) is 33.5. The third-order valence-corrected chi connectivity index (χ3v) is 12.5. The molecule has 0 spiro atoms. The van der Waals surface area contributed by atoms with Crippen LogP contribution in [0.5, 0.6) is 0 Å². The quantitative estimate of drug-likeness (QED) is 0.139. The summed E-state index contributed by atoms with van der Waals surface area (Å²) in [6.45, 7) is 0. The molecule has 0 saturated heterocycles. The summed E-state index contributed by atoms with van der Waals surface area (Å²) in [5.41, 5.74) is -1.28. The van der Waals surface area contributed by atoms with E-state index in [1.54, 1.807) is 0 Å².